The molecule has 2 nitrogen and oxygen atoms in total. The Morgan fingerprint density at radius 2 is 1.50 bits per heavy atom. The molecule has 0 aliphatic carbocycles. The second-order valence-corrected chi connectivity index (χ2v) is 6.02. The molecule has 2 fully saturated rings. The molecular formula is C16H22N2. The average Bonchev–Trinajstić information content (AvgIpc) is 3.12. The highest BCUT2D eigenvalue weighted by atomic mass is 15.3. The minimum absolute atomic E-state index is 0.730. The lowest BCUT2D eigenvalue weighted by Gasteiger charge is -2.25. The molecule has 0 aromatic heterocycles. The first-order valence-electron chi connectivity index (χ1n) is 7.50. The van der Waals surface area contributed by atoms with E-state index in [0.29, 0.717) is 0 Å². The van der Waals surface area contributed by atoms with Crippen LogP contribution in [0, 0.1) is 0 Å². The number of fused-ring (bicyclic) bond motifs is 5. The van der Waals surface area contributed by atoms with Crippen molar-refractivity contribution in [3.63, 3.8) is 0 Å². The van der Waals surface area contributed by atoms with Gasteiger partial charge in [0, 0.05) is 25.2 Å². The van der Waals surface area contributed by atoms with Crippen LogP contribution in [0.5, 0.6) is 0 Å². The Morgan fingerprint density at radius 3 is 2.11 bits per heavy atom. The van der Waals surface area contributed by atoms with E-state index in [9.17, 15) is 0 Å². The van der Waals surface area contributed by atoms with Gasteiger partial charge in [-0.25, -0.2) is 0 Å². The summed E-state index contributed by atoms with van der Waals surface area (Å²) in [5.41, 5.74) is 3.24. The highest BCUT2D eigenvalue weighted by Crippen LogP contribution is 2.52. The van der Waals surface area contributed by atoms with Crippen LogP contribution in [0.3, 0.4) is 0 Å². The van der Waals surface area contributed by atoms with Crippen molar-refractivity contribution >= 4 is 0 Å². The largest absolute Gasteiger partial charge is 0.302 e. The highest BCUT2D eigenvalue weighted by Gasteiger charge is 2.43. The summed E-state index contributed by atoms with van der Waals surface area (Å²) in [6.07, 6.45) is 5.57. The second-order valence-electron chi connectivity index (χ2n) is 6.02. The fraction of sp³-hybridized carbons (Fsp3) is 0.625. The monoisotopic (exact) mass is 242 g/mol. The molecule has 4 rings (SSSR count). The van der Waals surface area contributed by atoms with Gasteiger partial charge in [0.2, 0.25) is 0 Å². The van der Waals surface area contributed by atoms with Crippen molar-refractivity contribution < 1.29 is 0 Å². The van der Waals surface area contributed by atoms with E-state index in [1.807, 2.05) is 0 Å². The van der Waals surface area contributed by atoms with E-state index in [-0.39, 0.29) is 0 Å². The van der Waals surface area contributed by atoms with E-state index >= 15 is 0 Å². The minimum atomic E-state index is 0.730. The summed E-state index contributed by atoms with van der Waals surface area (Å²) in [6.45, 7) is 5.21. The molecule has 3 heterocycles. The molecule has 2 bridgehead atoms. The molecular weight excluding hydrogens is 220 g/mol. The van der Waals surface area contributed by atoms with Crippen LogP contribution in [0.2, 0.25) is 0 Å². The van der Waals surface area contributed by atoms with Crippen molar-refractivity contribution in [3.8, 4) is 0 Å². The Labute approximate surface area is 110 Å². The molecule has 0 spiro atoms. The fourth-order valence-electron chi connectivity index (χ4n) is 4.23. The van der Waals surface area contributed by atoms with Crippen molar-refractivity contribution in [2.24, 2.45) is 0 Å². The molecule has 2 unspecified atom stereocenters. The first-order chi connectivity index (χ1) is 8.93. The summed E-state index contributed by atoms with van der Waals surface area (Å²) < 4.78 is 0. The standard InChI is InChI=1S/C16H22N2/c1-2-6-14-13(5-1)15-7-8-16(14)18(15)12-11-17-9-3-4-10-17/h1-2,5-6,15-16H,3-4,7-12H2. The van der Waals surface area contributed by atoms with Crippen LogP contribution < -0.4 is 0 Å². The number of benzene rings is 1. The van der Waals surface area contributed by atoms with Crippen LogP contribution in [0.4, 0.5) is 0 Å². The first kappa shape index (κ1) is 11.0. The smallest absolute Gasteiger partial charge is 0.0358 e. The maximum atomic E-state index is 2.77. The van der Waals surface area contributed by atoms with Crippen molar-refractivity contribution in [1.29, 1.82) is 0 Å². The number of hydrogen-bond acceptors (Lipinski definition) is 2. The molecule has 0 radical (unpaired) electrons. The van der Waals surface area contributed by atoms with Gasteiger partial charge < -0.3 is 4.90 Å². The Bertz CT molecular complexity index is 405. The molecule has 1 aromatic carbocycles. The molecule has 2 saturated heterocycles. The van der Waals surface area contributed by atoms with Crippen LogP contribution in [-0.4, -0.2) is 36.0 Å². The molecule has 2 heteroatoms. The summed E-state index contributed by atoms with van der Waals surface area (Å²) in [7, 11) is 0. The molecule has 0 saturated carbocycles. The van der Waals surface area contributed by atoms with Gasteiger partial charge in [0.25, 0.3) is 0 Å². The van der Waals surface area contributed by atoms with Crippen LogP contribution in [-0.2, 0) is 0 Å². The number of hydrogen-bond donors (Lipinski definition) is 0. The van der Waals surface area contributed by atoms with E-state index in [2.05, 4.69) is 34.1 Å². The molecule has 1 aromatic rings. The van der Waals surface area contributed by atoms with Crippen molar-refractivity contribution in [3.05, 3.63) is 35.4 Å². The second kappa shape index (κ2) is 4.36. The minimum Gasteiger partial charge on any atom is -0.302 e. The average molecular weight is 242 g/mol. The van der Waals surface area contributed by atoms with E-state index in [0.717, 1.165) is 12.1 Å². The maximum absolute atomic E-state index is 2.77. The van der Waals surface area contributed by atoms with Crippen molar-refractivity contribution in [1.82, 2.24) is 9.80 Å². The molecule has 0 amide bonds. The summed E-state index contributed by atoms with van der Waals surface area (Å²) >= 11 is 0. The van der Waals surface area contributed by atoms with Crippen molar-refractivity contribution in [2.75, 3.05) is 26.2 Å². The molecule has 96 valence electrons. The molecule has 18 heavy (non-hydrogen) atoms. The SMILES string of the molecule is c1ccc2c(c1)C1CCC2N1CCN1CCCC1. The summed E-state index contributed by atoms with van der Waals surface area (Å²) in [5.74, 6) is 0. The third kappa shape index (κ3) is 1.63. The third-order valence-corrected chi connectivity index (χ3v) is 5.10. The number of likely N-dealkylation sites (tertiary alicyclic amines) is 1. The summed E-state index contributed by atoms with van der Waals surface area (Å²) in [6, 6.07) is 10.6. The lowest BCUT2D eigenvalue weighted by atomic mass is 9.92. The first-order valence-corrected chi connectivity index (χ1v) is 7.50. The molecule has 3 aliphatic heterocycles. The lowest BCUT2D eigenvalue weighted by molar-refractivity contribution is 0.188. The molecule has 3 aliphatic rings. The van der Waals surface area contributed by atoms with Gasteiger partial charge in [-0.2, -0.15) is 0 Å². The van der Waals surface area contributed by atoms with Gasteiger partial charge in [-0.3, -0.25) is 4.90 Å². The topological polar surface area (TPSA) is 6.48 Å². The zero-order chi connectivity index (χ0) is 11.9. The lowest BCUT2D eigenvalue weighted by Crippen LogP contribution is -2.32. The van der Waals surface area contributed by atoms with Gasteiger partial charge in [0.15, 0.2) is 0 Å². The fourth-order valence-corrected chi connectivity index (χ4v) is 4.23. The predicted octanol–water partition coefficient (Wildman–Crippen LogP) is 2.97. The maximum Gasteiger partial charge on any atom is 0.0358 e. The van der Waals surface area contributed by atoms with Gasteiger partial charge in [0.05, 0.1) is 0 Å². The zero-order valence-corrected chi connectivity index (χ0v) is 11.0. The Morgan fingerprint density at radius 1 is 0.889 bits per heavy atom. The van der Waals surface area contributed by atoms with Crippen LogP contribution in [0.25, 0.3) is 0 Å². The summed E-state index contributed by atoms with van der Waals surface area (Å²) in [5, 5.41) is 0. The van der Waals surface area contributed by atoms with Crippen LogP contribution >= 0.6 is 0 Å². The normalized spacial score (nSPS) is 31.1. The van der Waals surface area contributed by atoms with Crippen molar-refractivity contribution in [2.45, 2.75) is 37.8 Å². The van der Waals surface area contributed by atoms with E-state index in [1.165, 1.54) is 51.9 Å². The van der Waals surface area contributed by atoms with Gasteiger partial charge in [-0.1, -0.05) is 24.3 Å². The Hall–Kier alpha value is -0.860. The predicted molar refractivity (Wildman–Crippen MR) is 73.5 cm³/mol. The van der Waals surface area contributed by atoms with Crippen LogP contribution in [0.15, 0.2) is 24.3 Å². The quantitative estimate of drug-likeness (QED) is 0.804. The number of nitrogens with zero attached hydrogens (tertiary/aromatic N) is 2. The zero-order valence-electron chi connectivity index (χ0n) is 11.0. The summed E-state index contributed by atoms with van der Waals surface area (Å²) in [4.78, 5) is 5.41. The molecule has 0 N–H and O–H groups in total. The third-order valence-electron chi connectivity index (χ3n) is 5.10. The van der Waals surface area contributed by atoms with Gasteiger partial charge in [-0.05, 0) is 49.9 Å². The van der Waals surface area contributed by atoms with E-state index < -0.39 is 0 Å². The Balaban J connectivity index is 1.48. The number of rotatable bonds is 3. The van der Waals surface area contributed by atoms with Crippen LogP contribution in [0.1, 0.15) is 48.9 Å². The highest BCUT2D eigenvalue weighted by molar-refractivity contribution is 5.39. The molecule has 2 atom stereocenters. The van der Waals surface area contributed by atoms with Gasteiger partial charge >= 0.3 is 0 Å². The van der Waals surface area contributed by atoms with Gasteiger partial charge in [0.1, 0.15) is 0 Å². The Kier molecular flexibility index (Phi) is 2.66. The van der Waals surface area contributed by atoms with E-state index in [1.54, 1.807) is 11.1 Å². The van der Waals surface area contributed by atoms with Gasteiger partial charge in [-0.15, -0.1) is 0 Å². The van der Waals surface area contributed by atoms with E-state index in [4.69, 9.17) is 0 Å².